The van der Waals surface area contributed by atoms with Crippen LogP contribution in [-0.4, -0.2) is 48.0 Å². The molecule has 2 aliphatic heterocycles. The largest absolute Gasteiger partial charge is 0.484 e. The summed E-state index contributed by atoms with van der Waals surface area (Å²) in [6.07, 6.45) is 0.634. The molecule has 2 aromatic rings. The summed E-state index contributed by atoms with van der Waals surface area (Å²) in [5, 5.41) is 2.81. The number of benzene rings is 1. The minimum absolute atomic E-state index is 0.0432. The normalized spacial score (nSPS) is 18.5. The fourth-order valence-corrected chi connectivity index (χ4v) is 3.15. The molecule has 2 aliphatic rings. The standard InChI is InChI=1S/C19H19N3O4/c23-17(20-16-7-6-15-18(21-16)26-11-10-25-15)14-8-9-22(12-14)19(24)13-4-2-1-3-5-13/h1-7,14H,8-12H2,(H,20,21,23). The number of nitrogens with zero attached hydrogens (tertiary/aromatic N) is 2. The Kier molecular flexibility index (Phi) is 4.43. The van der Waals surface area contributed by atoms with Gasteiger partial charge < -0.3 is 19.7 Å². The van der Waals surface area contributed by atoms with Crippen LogP contribution in [0.4, 0.5) is 5.82 Å². The van der Waals surface area contributed by atoms with Crippen LogP contribution in [0.2, 0.25) is 0 Å². The first-order valence-corrected chi connectivity index (χ1v) is 8.62. The first-order valence-electron chi connectivity index (χ1n) is 8.62. The third-order valence-corrected chi connectivity index (χ3v) is 4.52. The highest BCUT2D eigenvalue weighted by Crippen LogP contribution is 2.29. The van der Waals surface area contributed by atoms with Gasteiger partial charge in [0.15, 0.2) is 5.75 Å². The van der Waals surface area contributed by atoms with Gasteiger partial charge in [-0.1, -0.05) is 18.2 Å². The zero-order valence-corrected chi connectivity index (χ0v) is 14.2. The summed E-state index contributed by atoms with van der Waals surface area (Å²) in [6.45, 7) is 1.91. The molecule has 7 nitrogen and oxygen atoms in total. The molecule has 1 aromatic heterocycles. The van der Waals surface area contributed by atoms with E-state index in [1.165, 1.54) is 0 Å². The molecule has 1 N–H and O–H groups in total. The van der Waals surface area contributed by atoms with Crippen LogP contribution in [0.15, 0.2) is 42.5 Å². The lowest BCUT2D eigenvalue weighted by atomic mass is 10.1. The zero-order valence-electron chi connectivity index (χ0n) is 14.2. The van der Waals surface area contributed by atoms with Gasteiger partial charge in [-0.15, -0.1) is 0 Å². The fraction of sp³-hybridized carbons (Fsp3) is 0.316. The molecule has 0 saturated carbocycles. The molecule has 1 aromatic carbocycles. The van der Waals surface area contributed by atoms with Crippen LogP contribution in [0.5, 0.6) is 11.6 Å². The molecule has 1 atom stereocenters. The van der Waals surface area contributed by atoms with Crippen molar-refractivity contribution in [3.05, 3.63) is 48.0 Å². The molecule has 1 unspecified atom stereocenters. The molecule has 0 bridgehead atoms. The van der Waals surface area contributed by atoms with Crippen molar-refractivity contribution in [3.8, 4) is 11.6 Å². The Morgan fingerprint density at radius 3 is 2.73 bits per heavy atom. The van der Waals surface area contributed by atoms with E-state index in [1.807, 2.05) is 18.2 Å². The summed E-state index contributed by atoms with van der Waals surface area (Å²) >= 11 is 0. The second-order valence-corrected chi connectivity index (χ2v) is 6.29. The molecule has 26 heavy (non-hydrogen) atoms. The quantitative estimate of drug-likeness (QED) is 0.912. The Morgan fingerprint density at radius 2 is 1.88 bits per heavy atom. The maximum atomic E-state index is 12.5. The first-order chi connectivity index (χ1) is 12.7. The summed E-state index contributed by atoms with van der Waals surface area (Å²) in [7, 11) is 0. The molecule has 0 aliphatic carbocycles. The molecule has 3 heterocycles. The smallest absolute Gasteiger partial charge is 0.259 e. The van der Waals surface area contributed by atoms with E-state index in [0.717, 1.165) is 0 Å². The van der Waals surface area contributed by atoms with Crippen molar-refractivity contribution in [1.29, 1.82) is 0 Å². The first kappa shape index (κ1) is 16.4. The number of carbonyl (C=O) groups excluding carboxylic acids is 2. The molecule has 1 saturated heterocycles. The van der Waals surface area contributed by atoms with Crippen molar-refractivity contribution in [3.63, 3.8) is 0 Å². The highest BCUT2D eigenvalue weighted by molar-refractivity contribution is 5.96. The maximum absolute atomic E-state index is 12.5. The minimum Gasteiger partial charge on any atom is -0.484 e. The predicted octanol–water partition coefficient (Wildman–Crippen LogP) is 1.95. The van der Waals surface area contributed by atoms with Gasteiger partial charge in [0.1, 0.15) is 19.0 Å². The number of hydrogen-bond acceptors (Lipinski definition) is 5. The third-order valence-electron chi connectivity index (χ3n) is 4.52. The van der Waals surface area contributed by atoms with Crippen LogP contribution in [0.1, 0.15) is 16.8 Å². The average Bonchev–Trinajstić information content (AvgIpc) is 3.18. The van der Waals surface area contributed by atoms with E-state index < -0.39 is 0 Å². The van der Waals surface area contributed by atoms with Crippen LogP contribution in [0.25, 0.3) is 0 Å². The Balaban J connectivity index is 1.38. The summed E-state index contributed by atoms with van der Waals surface area (Å²) in [5.74, 6) is 0.955. The second-order valence-electron chi connectivity index (χ2n) is 6.29. The average molecular weight is 353 g/mol. The van der Waals surface area contributed by atoms with Crippen LogP contribution in [-0.2, 0) is 4.79 Å². The molecular weight excluding hydrogens is 334 g/mol. The number of ether oxygens (including phenoxy) is 2. The number of nitrogens with one attached hydrogen (secondary N) is 1. The van der Waals surface area contributed by atoms with Crippen molar-refractivity contribution in [2.24, 2.45) is 5.92 Å². The number of amides is 2. The van der Waals surface area contributed by atoms with E-state index in [2.05, 4.69) is 10.3 Å². The summed E-state index contributed by atoms with van der Waals surface area (Å²) in [4.78, 5) is 31.0. The molecule has 4 rings (SSSR count). The molecular formula is C19H19N3O4. The summed E-state index contributed by atoms with van der Waals surface area (Å²) in [5.41, 5.74) is 0.641. The van der Waals surface area contributed by atoms with E-state index in [1.54, 1.807) is 29.2 Å². The number of aromatic nitrogens is 1. The molecule has 1 fully saturated rings. The lowest BCUT2D eigenvalue weighted by Gasteiger charge is -2.18. The number of hydrogen-bond donors (Lipinski definition) is 1. The van der Waals surface area contributed by atoms with Gasteiger partial charge in [-0.2, -0.15) is 4.98 Å². The van der Waals surface area contributed by atoms with Gasteiger partial charge in [-0.05, 0) is 30.7 Å². The Bertz CT molecular complexity index is 825. The molecule has 0 spiro atoms. The molecule has 134 valence electrons. The van der Waals surface area contributed by atoms with Gasteiger partial charge in [0.05, 0.1) is 5.92 Å². The molecule has 0 radical (unpaired) electrons. The number of fused-ring (bicyclic) bond motifs is 1. The van der Waals surface area contributed by atoms with Crippen LogP contribution in [0, 0.1) is 5.92 Å². The van der Waals surface area contributed by atoms with Crippen LogP contribution >= 0.6 is 0 Å². The zero-order chi connectivity index (χ0) is 17.9. The number of likely N-dealkylation sites (tertiary alicyclic amines) is 1. The van der Waals surface area contributed by atoms with Crippen molar-refractivity contribution >= 4 is 17.6 Å². The lowest BCUT2D eigenvalue weighted by molar-refractivity contribution is -0.119. The Labute approximate surface area is 150 Å². The molecule has 2 amide bonds. The monoisotopic (exact) mass is 353 g/mol. The van der Waals surface area contributed by atoms with E-state index in [-0.39, 0.29) is 17.7 Å². The highest BCUT2D eigenvalue weighted by atomic mass is 16.6. The summed E-state index contributed by atoms with van der Waals surface area (Å²) in [6, 6.07) is 12.5. The minimum atomic E-state index is -0.252. The van der Waals surface area contributed by atoms with Gasteiger partial charge in [-0.25, -0.2) is 0 Å². The van der Waals surface area contributed by atoms with Crippen molar-refractivity contribution in [2.75, 3.05) is 31.6 Å². The number of rotatable bonds is 3. The maximum Gasteiger partial charge on any atom is 0.259 e. The number of carbonyl (C=O) groups is 2. The van der Waals surface area contributed by atoms with Crippen molar-refractivity contribution in [2.45, 2.75) is 6.42 Å². The van der Waals surface area contributed by atoms with Gasteiger partial charge in [0.25, 0.3) is 11.8 Å². The topological polar surface area (TPSA) is 80.8 Å². The lowest BCUT2D eigenvalue weighted by Crippen LogP contribution is -2.31. The second kappa shape index (κ2) is 7.03. The van der Waals surface area contributed by atoms with Crippen molar-refractivity contribution < 1.29 is 19.1 Å². The Hall–Kier alpha value is -3.09. The highest BCUT2D eigenvalue weighted by Gasteiger charge is 2.31. The van der Waals surface area contributed by atoms with Crippen LogP contribution < -0.4 is 14.8 Å². The SMILES string of the molecule is O=C(Nc1ccc2c(n1)OCCO2)C1CCN(C(=O)c2ccccc2)C1. The van der Waals surface area contributed by atoms with Gasteiger partial charge in [-0.3, -0.25) is 9.59 Å². The number of pyridine rings is 1. The van der Waals surface area contributed by atoms with Crippen LogP contribution in [0.3, 0.4) is 0 Å². The van der Waals surface area contributed by atoms with Crippen molar-refractivity contribution in [1.82, 2.24) is 9.88 Å². The van der Waals surface area contributed by atoms with E-state index in [0.29, 0.717) is 55.7 Å². The fourth-order valence-electron chi connectivity index (χ4n) is 3.15. The van der Waals surface area contributed by atoms with Gasteiger partial charge >= 0.3 is 0 Å². The van der Waals surface area contributed by atoms with E-state index in [9.17, 15) is 9.59 Å². The molecule has 7 heteroatoms. The Morgan fingerprint density at radius 1 is 1.08 bits per heavy atom. The van der Waals surface area contributed by atoms with E-state index in [4.69, 9.17) is 9.47 Å². The van der Waals surface area contributed by atoms with Gasteiger partial charge in [0, 0.05) is 18.7 Å². The summed E-state index contributed by atoms with van der Waals surface area (Å²) < 4.78 is 10.8. The third kappa shape index (κ3) is 3.33. The van der Waals surface area contributed by atoms with E-state index >= 15 is 0 Å². The predicted molar refractivity (Wildman–Crippen MR) is 94.3 cm³/mol. The van der Waals surface area contributed by atoms with Gasteiger partial charge in [0.2, 0.25) is 5.91 Å². The number of anilines is 1.